The van der Waals surface area contributed by atoms with E-state index in [1.165, 1.54) is 38.6 Å². The van der Waals surface area contributed by atoms with E-state index < -0.39 is 17.8 Å². The molecule has 27 heavy (non-hydrogen) atoms. The smallest absolute Gasteiger partial charge is 0.329 e. The van der Waals surface area contributed by atoms with Gasteiger partial charge in [0.1, 0.15) is 11.5 Å². The van der Waals surface area contributed by atoms with Gasteiger partial charge in [-0.25, -0.2) is 5.43 Å². The molecule has 2 rings (SSSR count). The Labute approximate surface area is 154 Å². The molecule has 9 nitrogen and oxygen atoms in total. The van der Waals surface area contributed by atoms with Gasteiger partial charge in [-0.1, -0.05) is 6.07 Å². The lowest BCUT2D eigenvalue weighted by molar-refractivity contribution is -0.255. The predicted molar refractivity (Wildman–Crippen MR) is 94.7 cm³/mol. The normalized spacial score (nSPS) is 10.3. The predicted octanol–water partition coefficient (Wildman–Crippen LogP) is 0.156. The van der Waals surface area contributed by atoms with Gasteiger partial charge in [-0.05, 0) is 35.9 Å². The average molecular weight is 370 g/mol. The summed E-state index contributed by atoms with van der Waals surface area (Å²) in [5.74, 6) is -2.68. The molecule has 0 unspecified atom stereocenters. The highest BCUT2D eigenvalue weighted by atomic mass is 16.5. The number of nitrogens with zero attached hydrogens (tertiary/aromatic N) is 1. The highest BCUT2D eigenvalue weighted by Crippen LogP contribution is 2.18. The van der Waals surface area contributed by atoms with Gasteiger partial charge in [-0.3, -0.25) is 9.59 Å². The van der Waals surface area contributed by atoms with Crippen LogP contribution in [0.5, 0.6) is 11.5 Å². The standard InChI is InChI=1S/C18H17N3O6/c1-26-13-5-3-4-12(9-13)20-16(22)17(23)21-19-10-11-6-7-15(27-2)14(8-11)18(24)25/h3-10H,1-2H3,(H,20,22)(H,21,23)(H,24,25)/p-1/b19-10-. The number of carboxylic acid groups (broad SMARTS) is 1. The van der Waals surface area contributed by atoms with Crippen LogP contribution in [0.4, 0.5) is 5.69 Å². The zero-order chi connectivity index (χ0) is 19.8. The van der Waals surface area contributed by atoms with Gasteiger partial charge < -0.3 is 24.7 Å². The van der Waals surface area contributed by atoms with Gasteiger partial charge in [-0.2, -0.15) is 5.10 Å². The first-order valence-corrected chi connectivity index (χ1v) is 7.62. The van der Waals surface area contributed by atoms with Crippen molar-refractivity contribution in [1.29, 1.82) is 0 Å². The Morgan fingerprint density at radius 3 is 2.48 bits per heavy atom. The van der Waals surface area contributed by atoms with Crippen molar-refractivity contribution in [2.45, 2.75) is 0 Å². The Morgan fingerprint density at radius 2 is 1.81 bits per heavy atom. The summed E-state index contributed by atoms with van der Waals surface area (Å²) >= 11 is 0. The third-order valence-electron chi connectivity index (χ3n) is 3.36. The molecule has 2 aromatic rings. The van der Waals surface area contributed by atoms with E-state index in [-0.39, 0.29) is 11.3 Å². The molecule has 0 fully saturated rings. The summed E-state index contributed by atoms with van der Waals surface area (Å²) < 4.78 is 9.94. The van der Waals surface area contributed by atoms with Gasteiger partial charge in [0.2, 0.25) is 0 Å². The molecule has 0 aromatic heterocycles. The zero-order valence-electron chi connectivity index (χ0n) is 14.5. The lowest BCUT2D eigenvalue weighted by Gasteiger charge is -2.09. The lowest BCUT2D eigenvalue weighted by atomic mass is 10.1. The number of carbonyl (C=O) groups is 3. The Bertz CT molecular complexity index is 894. The molecule has 0 radical (unpaired) electrons. The Kier molecular flexibility index (Phi) is 6.48. The molecule has 0 saturated heterocycles. The molecule has 140 valence electrons. The maximum atomic E-state index is 11.8. The van der Waals surface area contributed by atoms with Gasteiger partial charge in [0.15, 0.2) is 0 Å². The van der Waals surface area contributed by atoms with Crippen molar-refractivity contribution in [1.82, 2.24) is 5.43 Å². The summed E-state index contributed by atoms with van der Waals surface area (Å²) in [6.07, 6.45) is 1.18. The number of benzene rings is 2. The quantitative estimate of drug-likeness (QED) is 0.423. The number of anilines is 1. The van der Waals surface area contributed by atoms with Crippen molar-refractivity contribution in [2.24, 2.45) is 5.10 Å². The van der Waals surface area contributed by atoms with Gasteiger partial charge in [0, 0.05) is 17.3 Å². The number of carbonyl (C=O) groups excluding carboxylic acids is 3. The molecule has 0 aliphatic carbocycles. The van der Waals surface area contributed by atoms with E-state index in [1.807, 2.05) is 5.43 Å². The maximum absolute atomic E-state index is 11.8. The van der Waals surface area contributed by atoms with Gasteiger partial charge in [0.05, 0.1) is 26.4 Å². The van der Waals surface area contributed by atoms with Crippen molar-refractivity contribution >= 4 is 29.7 Å². The first-order valence-electron chi connectivity index (χ1n) is 7.62. The Balaban J connectivity index is 1.98. The number of amides is 2. The first kappa shape index (κ1) is 19.4. The van der Waals surface area contributed by atoms with Gasteiger partial charge in [-0.15, -0.1) is 0 Å². The van der Waals surface area contributed by atoms with E-state index in [0.717, 1.165) is 0 Å². The summed E-state index contributed by atoms with van der Waals surface area (Å²) in [6.45, 7) is 0. The molecule has 0 spiro atoms. The first-order chi connectivity index (χ1) is 12.9. The van der Waals surface area contributed by atoms with Crippen molar-refractivity contribution in [3.63, 3.8) is 0 Å². The average Bonchev–Trinajstić information content (AvgIpc) is 2.67. The molecule has 0 heterocycles. The number of ether oxygens (including phenoxy) is 2. The van der Waals surface area contributed by atoms with Crippen LogP contribution in [0.2, 0.25) is 0 Å². The number of hydrogen-bond donors (Lipinski definition) is 2. The van der Waals surface area contributed by atoms with Crippen molar-refractivity contribution in [2.75, 3.05) is 19.5 Å². The molecule has 2 amide bonds. The van der Waals surface area contributed by atoms with Crippen LogP contribution in [-0.4, -0.2) is 38.2 Å². The molecule has 9 heteroatoms. The summed E-state index contributed by atoms with van der Waals surface area (Å²) in [6, 6.07) is 10.7. The van der Waals surface area contributed by atoms with Crippen LogP contribution >= 0.6 is 0 Å². The number of aromatic carboxylic acids is 1. The minimum Gasteiger partial charge on any atom is -0.545 e. The van der Waals surface area contributed by atoms with E-state index in [9.17, 15) is 19.5 Å². The molecular weight excluding hydrogens is 354 g/mol. The van der Waals surface area contributed by atoms with Crippen LogP contribution in [-0.2, 0) is 9.59 Å². The molecule has 2 aromatic carbocycles. The van der Waals surface area contributed by atoms with E-state index in [1.54, 1.807) is 24.3 Å². The number of hydrazone groups is 1. The van der Waals surface area contributed by atoms with Crippen LogP contribution in [0.15, 0.2) is 47.6 Å². The molecule has 0 aliphatic rings. The van der Waals surface area contributed by atoms with E-state index >= 15 is 0 Å². The SMILES string of the molecule is COc1cccc(NC(=O)C(=O)N/N=C\c2ccc(OC)c(C(=O)[O-])c2)c1. The minimum atomic E-state index is -1.41. The molecule has 0 aliphatic heterocycles. The summed E-state index contributed by atoms with van der Waals surface area (Å²) in [4.78, 5) is 34.7. The number of methoxy groups -OCH3 is 2. The maximum Gasteiger partial charge on any atom is 0.329 e. The Morgan fingerprint density at radius 1 is 1.04 bits per heavy atom. The summed E-state index contributed by atoms with van der Waals surface area (Å²) in [7, 11) is 2.81. The van der Waals surface area contributed by atoms with E-state index in [4.69, 9.17) is 9.47 Å². The molecule has 0 bridgehead atoms. The van der Waals surface area contributed by atoms with Crippen molar-refractivity contribution < 1.29 is 29.0 Å². The fourth-order valence-corrected chi connectivity index (χ4v) is 2.07. The number of hydrogen-bond acceptors (Lipinski definition) is 7. The molecule has 2 N–H and O–H groups in total. The number of rotatable bonds is 6. The molecule has 0 saturated carbocycles. The van der Waals surface area contributed by atoms with Crippen LogP contribution in [0.1, 0.15) is 15.9 Å². The second kappa shape index (κ2) is 8.99. The second-order valence-electron chi connectivity index (χ2n) is 5.13. The fourth-order valence-electron chi connectivity index (χ4n) is 2.07. The van der Waals surface area contributed by atoms with E-state index in [0.29, 0.717) is 17.0 Å². The highest BCUT2D eigenvalue weighted by Gasteiger charge is 2.13. The monoisotopic (exact) mass is 370 g/mol. The van der Waals surface area contributed by atoms with Crippen LogP contribution in [0.3, 0.4) is 0 Å². The molecule has 0 atom stereocenters. The third kappa shape index (κ3) is 5.30. The zero-order valence-corrected chi connectivity index (χ0v) is 14.5. The minimum absolute atomic E-state index is 0.133. The van der Waals surface area contributed by atoms with Gasteiger partial charge in [0.25, 0.3) is 0 Å². The lowest BCUT2D eigenvalue weighted by Crippen LogP contribution is -2.32. The largest absolute Gasteiger partial charge is 0.545 e. The summed E-state index contributed by atoms with van der Waals surface area (Å²) in [5.41, 5.74) is 2.63. The summed E-state index contributed by atoms with van der Waals surface area (Å²) in [5, 5.41) is 17.1. The fraction of sp³-hybridized carbons (Fsp3) is 0.111. The van der Waals surface area contributed by atoms with Crippen molar-refractivity contribution in [3.05, 3.63) is 53.6 Å². The van der Waals surface area contributed by atoms with Crippen LogP contribution in [0.25, 0.3) is 0 Å². The van der Waals surface area contributed by atoms with Crippen molar-refractivity contribution in [3.8, 4) is 11.5 Å². The van der Waals surface area contributed by atoms with Crippen LogP contribution in [0, 0.1) is 0 Å². The molecular formula is C18H16N3O6-. The van der Waals surface area contributed by atoms with Gasteiger partial charge >= 0.3 is 11.8 Å². The Hall–Kier alpha value is -3.88. The van der Waals surface area contributed by atoms with Crippen LogP contribution < -0.4 is 25.3 Å². The third-order valence-corrected chi connectivity index (χ3v) is 3.36. The van der Waals surface area contributed by atoms with E-state index in [2.05, 4.69) is 10.4 Å². The second-order valence-corrected chi connectivity index (χ2v) is 5.13. The number of nitrogens with one attached hydrogen (secondary N) is 2. The highest BCUT2D eigenvalue weighted by molar-refractivity contribution is 6.39. The topological polar surface area (TPSA) is 129 Å². The number of carboxylic acids is 1.